The standard InChI is InChI=1S/C12H14ClN5O/c1-2-3-9-4-8(5-10(13)17-9)12(19)14-6-11-15-7-16-18-11/h4-5,7H,2-3,6H2,1H3,(H,14,19)(H,15,16,18). The van der Waals surface area contributed by atoms with Crippen molar-refractivity contribution in [2.45, 2.75) is 26.3 Å². The summed E-state index contributed by atoms with van der Waals surface area (Å²) in [5, 5.41) is 9.45. The van der Waals surface area contributed by atoms with Gasteiger partial charge in [0.25, 0.3) is 5.91 Å². The third-order valence-electron chi connectivity index (χ3n) is 2.50. The second-order valence-corrected chi connectivity index (χ2v) is 4.42. The normalized spacial score (nSPS) is 10.4. The lowest BCUT2D eigenvalue weighted by molar-refractivity contribution is 0.0949. The minimum Gasteiger partial charge on any atom is -0.345 e. The Kier molecular flexibility index (Phi) is 4.46. The summed E-state index contributed by atoms with van der Waals surface area (Å²) in [7, 11) is 0. The van der Waals surface area contributed by atoms with Crippen molar-refractivity contribution in [3.05, 3.63) is 40.7 Å². The van der Waals surface area contributed by atoms with Gasteiger partial charge in [-0.15, -0.1) is 0 Å². The molecule has 2 N–H and O–H groups in total. The molecular formula is C12H14ClN5O. The number of hydrogen-bond donors (Lipinski definition) is 2. The maximum absolute atomic E-state index is 12.0. The molecule has 1 amide bonds. The van der Waals surface area contributed by atoms with E-state index in [4.69, 9.17) is 11.6 Å². The van der Waals surface area contributed by atoms with E-state index in [1.165, 1.54) is 6.33 Å². The minimum atomic E-state index is -0.210. The molecule has 0 bridgehead atoms. The maximum atomic E-state index is 12.0. The van der Waals surface area contributed by atoms with Gasteiger partial charge in [0, 0.05) is 11.3 Å². The predicted molar refractivity (Wildman–Crippen MR) is 70.8 cm³/mol. The van der Waals surface area contributed by atoms with Gasteiger partial charge in [0.1, 0.15) is 17.3 Å². The minimum absolute atomic E-state index is 0.210. The number of halogens is 1. The van der Waals surface area contributed by atoms with Crippen molar-refractivity contribution in [3.63, 3.8) is 0 Å². The van der Waals surface area contributed by atoms with Crippen LogP contribution in [0.4, 0.5) is 0 Å². The molecule has 0 spiro atoms. The summed E-state index contributed by atoms with van der Waals surface area (Å²) in [6.45, 7) is 2.34. The number of nitrogens with one attached hydrogen (secondary N) is 2. The fraction of sp³-hybridized carbons (Fsp3) is 0.333. The summed E-state index contributed by atoms with van der Waals surface area (Å²) >= 11 is 5.91. The highest BCUT2D eigenvalue weighted by atomic mass is 35.5. The number of rotatable bonds is 5. The largest absolute Gasteiger partial charge is 0.345 e. The Labute approximate surface area is 115 Å². The molecule has 0 radical (unpaired) electrons. The van der Waals surface area contributed by atoms with E-state index in [0.29, 0.717) is 23.1 Å². The molecular weight excluding hydrogens is 266 g/mol. The van der Waals surface area contributed by atoms with Crippen LogP contribution >= 0.6 is 11.6 Å². The molecule has 0 saturated carbocycles. The molecule has 2 heterocycles. The Morgan fingerprint density at radius 1 is 1.47 bits per heavy atom. The molecule has 0 aromatic carbocycles. The zero-order chi connectivity index (χ0) is 13.7. The van der Waals surface area contributed by atoms with Crippen molar-refractivity contribution in [3.8, 4) is 0 Å². The van der Waals surface area contributed by atoms with E-state index in [1.54, 1.807) is 12.1 Å². The Morgan fingerprint density at radius 3 is 3.00 bits per heavy atom. The van der Waals surface area contributed by atoms with E-state index in [-0.39, 0.29) is 5.91 Å². The van der Waals surface area contributed by atoms with Crippen LogP contribution in [0.5, 0.6) is 0 Å². The molecule has 100 valence electrons. The summed E-state index contributed by atoms with van der Waals surface area (Å²) in [5.74, 6) is 0.389. The monoisotopic (exact) mass is 279 g/mol. The Bertz CT molecular complexity index is 555. The molecule has 0 aliphatic rings. The van der Waals surface area contributed by atoms with Gasteiger partial charge in [-0.05, 0) is 18.6 Å². The summed E-state index contributed by atoms with van der Waals surface area (Å²) in [5.41, 5.74) is 1.32. The lowest BCUT2D eigenvalue weighted by atomic mass is 10.1. The lowest BCUT2D eigenvalue weighted by Crippen LogP contribution is -2.23. The number of aromatic nitrogens is 4. The fourth-order valence-electron chi connectivity index (χ4n) is 1.65. The van der Waals surface area contributed by atoms with Crippen LogP contribution in [0, 0.1) is 0 Å². The lowest BCUT2D eigenvalue weighted by Gasteiger charge is -2.06. The molecule has 2 aromatic heterocycles. The Hall–Kier alpha value is -1.95. The average molecular weight is 280 g/mol. The van der Waals surface area contributed by atoms with Crippen molar-refractivity contribution >= 4 is 17.5 Å². The Balaban J connectivity index is 2.05. The van der Waals surface area contributed by atoms with E-state index < -0.39 is 0 Å². The molecule has 0 unspecified atom stereocenters. The van der Waals surface area contributed by atoms with Crippen LogP contribution in [0.25, 0.3) is 0 Å². The van der Waals surface area contributed by atoms with Gasteiger partial charge in [-0.25, -0.2) is 9.97 Å². The fourth-order valence-corrected chi connectivity index (χ4v) is 1.87. The van der Waals surface area contributed by atoms with Gasteiger partial charge in [-0.2, -0.15) is 5.10 Å². The van der Waals surface area contributed by atoms with Gasteiger partial charge in [0.2, 0.25) is 0 Å². The second kappa shape index (κ2) is 6.29. The first-order valence-corrected chi connectivity index (χ1v) is 6.35. The average Bonchev–Trinajstić information content (AvgIpc) is 2.88. The van der Waals surface area contributed by atoms with Crippen molar-refractivity contribution in [2.24, 2.45) is 0 Å². The van der Waals surface area contributed by atoms with Crippen molar-refractivity contribution in [1.82, 2.24) is 25.5 Å². The van der Waals surface area contributed by atoms with Crippen LogP contribution in [0.1, 0.15) is 35.2 Å². The zero-order valence-electron chi connectivity index (χ0n) is 10.5. The number of carbonyl (C=O) groups excluding carboxylic acids is 1. The third kappa shape index (κ3) is 3.75. The van der Waals surface area contributed by atoms with Crippen LogP contribution in [-0.4, -0.2) is 26.1 Å². The van der Waals surface area contributed by atoms with Crippen LogP contribution in [-0.2, 0) is 13.0 Å². The highest BCUT2D eigenvalue weighted by Gasteiger charge is 2.09. The van der Waals surface area contributed by atoms with Gasteiger partial charge in [0.05, 0.1) is 6.54 Å². The number of amides is 1. The van der Waals surface area contributed by atoms with Crippen LogP contribution < -0.4 is 5.32 Å². The van der Waals surface area contributed by atoms with Crippen molar-refractivity contribution in [1.29, 1.82) is 0 Å². The van der Waals surface area contributed by atoms with E-state index in [0.717, 1.165) is 18.5 Å². The van der Waals surface area contributed by atoms with Gasteiger partial charge >= 0.3 is 0 Å². The quantitative estimate of drug-likeness (QED) is 0.817. The SMILES string of the molecule is CCCc1cc(C(=O)NCc2ncn[nH]2)cc(Cl)n1. The summed E-state index contributed by atoms with van der Waals surface area (Å²) in [6.07, 6.45) is 3.14. The smallest absolute Gasteiger partial charge is 0.251 e. The molecule has 2 aromatic rings. The molecule has 0 saturated heterocycles. The molecule has 0 atom stereocenters. The number of aryl methyl sites for hydroxylation is 1. The number of aromatic amines is 1. The van der Waals surface area contributed by atoms with E-state index in [1.807, 2.05) is 6.92 Å². The molecule has 7 heteroatoms. The number of pyridine rings is 1. The topological polar surface area (TPSA) is 83.6 Å². The maximum Gasteiger partial charge on any atom is 0.251 e. The van der Waals surface area contributed by atoms with E-state index in [2.05, 4.69) is 25.5 Å². The van der Waals surface area contributed by atoms with Gasteiger partial charge in [-0.3, -0.25) is 9.89 Å². The van der Waals surface area contributed by atoms with Gasteiger partial charge in [0.15, 0.2) is 0 Å². The molecule has 2 rings (SSSR count). The predicted octanol–water partition coefficient (Wildman–Crippen LogP) is 1.74. The number of H-pyrrole nitrogens is 1. The molecule has 0 fully saturated rings. The highest BCUT2D eigenvalue weighted by molar-refractivity contribution is 6.29. The Morgan fingerprint density at radius 2 is 2.32 bits per heavy atom. The van der Waals surface area contributed by atoms with Gasteiger partial charge < -0.3 is 5.32 Å². The molecule has 0 aliphatic heterocycles. The summed E-state index contributed by atoms with van der Waals surface area (Å²) in [4.78, 5) is 20.1. The van der Waals surface area contributed by atoms with E-state index >= 15 is 0 Å². The first-order chi connectivity index (χ1) is 9.19. The van der Waals surface area contributed by atoms with Gasteiger partial charge in [-0.1, -0.05) is 24.9 Å². The first-order valence-electron chi connectivity index (χ1n) is 5.98. The third-order valence-corrected chi connectivity index (χ3v) is 2.69. The van der Waals surface area contributed by atoms with Crippen LogP contribution in [0.2, 0.25) is 5.15 Å². The van der Waals surface area contributed by atoms with Crippen molar-refractivity contribution < 1.29 is 4.79 Å². The number of carbonyl (C=O) groups is 1. The summed E-state index contributed by atoms with van der Waals surface area (Å²) in [6, 6.07) is 3.31. The summed E-state index contributed by atoms with van der Waals surface area (Å²) < 4.78 is 0. The van der Waals surface area contributed by atoms with Crippen LogP contribution in [0.3, 0.4) is 0 Å². The molecule has 19 heavy (non-hydrogen) atoms. The van der Waals surface area contributed by atoms with E-state index in [9.17, 15) is 4.79 Å². The van der Waals surface area contributed by atoms with Crippen molar-refractivity contribution in [2.75, 3.05) is 0 Å². The number of nitrogens with zero attached hydrogens (tertiary/aromatic N) is 3. The highest BCUT2D eigenvalue weighted by Crippen LogP contribution is 2.12. The molecule has 6 nitrogen and oxygen atoms in total. The first kappa shape index (κ1) is 13.5. The number of hydrogen-bond acceptors (Lipinski definition) is 4. The second-order valence-electron chi connectivity index (χ2n) is 4.03. The van der Waals surface area contributed by atoms with Crippen LogP contribution in [0.15, 0.2) is 18.5 Å². The molecule has 0 aliphatic carbocycles. The zero-order valence-corrected chi connectivity index (χ0v) is 11.2.